The zero-order chi connectivity index (χ0) is 14.3. The minimum atomic E-state index is -0.410. The Hall–Kier alpha value is -1.71. The third kappa shape index (κ3) is 4.81. The van der Waals surface area contributed by atoms with Crippen LogP contribution in [0.2, 0.25) is 0 Å². The summed E-state index contributed by atoms with van der Waals surface area (Å²) in [6, 6.07) is 5.17. The highest BCUT2D eigenvalue weighted by Crippen LogP contribution is 2.26. The fourth-order valence-corrected chi connectivity index (χ4v) is 1.73. The Morgan fingerprint density at radius 3 is 2.74 bits per heavy atom. The van der Waals surface area contributed by atoms with Crippen molar-refractivity contribution < 1.29 is 14.3 Å². The van der Waals surface area contributed by atoms with Gasteiger partial charge in [-0.15, -0.1) is 0 Å². The summed E-state index contributed by atoms with van der Waals surface area (Å²) in [6.45, 7) is 7.05. The van der Waals surface area contributed by atoms with E-state index in [9.17, 15) is 4.79 Å². The number of nitrogens with two attached hydrogens (primary N) is 1. The van der Waals surface area contributed by atoms with Gasteiger partial charge in [0.1, 0.15) is 5.75 Å². The molecule has 19 heavy (non-hydrogen) atoms. The summed E-state index contributed by atoms with van der Waals surface area (Å²) in [5.74, 6) is 0.800. The Morgan fingerprint density at radius 2 is 2.11 bits per heavy atom. The Labute approximate surface area is 114 Å². The first-order chi connectivity index (χ1) is 9.06. The lowest BCUT2D eigenvalue weighted by Gasteiger charge is -2.12. The number of benzene rings is 1. The number of anilines is 1. The number of para-hydroxylation sites is 1. The van der Waals surface area contributed by atoms with E-state index in [1.165, 1.54) is 0 Å². The van der Waals surface area contributed by atoms with E-state index in [-0.39, 0.29) is 0 Å². The fourth-order valence-electron chi connectivity index (χ4n) is 1.73. The van der Waals surface area contributed by atoms with Gasteiger partial charge in [-0.05, 0) is 37.8 Å². The maximum atomic E-state index is 11.7. The molecule has 0 heterocycles. The molecule has 0 radical (unpaired) electrons. The van der Waals surface area contributed by atoms with E-state index >= 15 is 0 Å². The van der Waals surface area contributed by atoms with Crippen LogP contribution in [0, 0.1) is 5.92 Å². The van der Waals surface area contributed by atoms with Crippen LogP contribution in [-0.4, -0.2) is 19.2 Å². The van der Waals surface area contributed by atoms with Gasteiger partial charge in [0.2, 0.25) is 0 Å². The molecule has 0 bridgehead atoms. The van der Waals surface area contributed by atoms with Gasteiger partial charge >= 0.3 is 5.97 Å². The van der Waals surface area contributed by atoms with Gasteiger partial charge in [-0.3, -0.25) is 0 Å². The van der Waals surface area contributed by atoms with Gasteiger partial charge in [-0.2, -0.15) is 0 Å². The van der Waals surface area contributed by atoms with Gasteiger partial charge in [-0.25, -0.2) is 4.79 Å². The Morgan fingerprint density at radius 1 is 1.37 bits per heavy atom. The molecular formula is C15H23NO3. The van der Waals surface area contributed by atoms with Gasteiger partial charge in [0.05, 0.1) is 24.5 Å². The van der Waals surface area contributed by atoms with Crippen LogP contribution in [0.15, 0.2) is 18.2 Å². The predicted molar refractivity (Wildman–Crippen MR) is 76.4 cm³/mol. The number of carbonyl (C=O) groups is 1. The lowest BCUT2D eigenvalue weighted by molar-refractivity contribution is 0.0527. The molecule has 0 saturated heterocycles. The molecule has 0 unspecified atom stereocenters. The second kappa shape index (κ2) is 7.67. The Bertz CT molecular complexity index is 416. The molecule has 0 aliphatic carbocycles. The van der Waals surface area contributed by atoms with Crippen LogP contribution < -0.4 is 10.5 Å². The van der Waals surface area contributed by atoms with Crippen molar-refractivity contribution in [2.24, 2.45) is 5.92 Å². The monoisotopic (exact) mass is 265 g/mol. The van der Waals surface area contributed by atoms with E-state index in [0.29, 0.717) is 36.1 Å². The molecule has 0 aliphatic heterocycles. The van der Waals surface area contributed by atoms with Crippen molar-refractivity contribution in [3.8, 4) is 5.75 Å². The highest BCUT2D eigenvalue weighted by molar-refractivity contribution is 5.96. The average Bonchev–Trinajstić information content (AvgIpc) is 2.36. The molecule has 0 atom stereocenters. The first kappa shape index (κ1) is 15.3. The minimum absolute atomic E-state index is 0.331. The van der Waals surface area contributed by atoms with Crippen molar-refractivity contribution in [1.29, 1.82) is 0 Å². The lowest BCUT2D eigenvalue weighted by Crippen LogP contribution is -2.10. The largest absolute Gasteiger partial charge is 0.491 e. The second-order valence-electron chi connectivity index (χ2n) is 4.82. The van der Waals surface area contributed by atoms with E-state index in [1.54, 1.807) is 25.1 Å². The average molecular weight is 265 g/mol. The standard InChI is InChI=1S/C15H23NO3/c1-4-18-15(17)12-8-5-9-13(14(12)16)19-10-6-7-11(2)3/h5,8-9,11H,4,6-7,10,16H2,1-3H3. The molecule has 0 aliphatic rings. The van der Waals surface area contributed by atoms with E-state index < -0.39 is 5.97 Å². The Balaban J connectivity index is 2.64. The van der Waals surface area contributed by atoms with Gasteiger partial charge in [0.15, 0.2) is 0 Å². The van der Waals surface area contributed by atoms with Crippen molar-refractivity contribution in [2.75, 3.05) is 18.9 Å². The van der Waals surface area contributed by atoms with Crippen molar-refractivity contribution in [1.82, 2.24) is 0 Å². The van der Waals surface area contributed by atoms with Crippen LogP contribution in [0.25, 0.3) is 0 Å². The summed E-state index contributed by atoms with van der Waals surface area (Å²) in [6.07, 6.45) is 2.08. The van der Waals surface area contributed by atoms with Crippen LogP contribution in [0.1, 0.15) is 44.0 Å². The predicted octanol–water partition coefficient (Wildman–Crippen LogP) is 3.26. The van der Waals surface area contributed by atoms with Gasteiger partial charge < -0.3 is 15.2 Å². The molecule has 1 rings (SSSR count). The van der Waals surface area contributed by atoms with E-state index in [1.807, 2.05) is 0 Å². The van der Waals surface area contributed by atoms with E-state index in [4.69, 9.17) is 15.2 Å². The zero-order valence-corrected chi connectivity index (χ0v) is 11.9. The minimum Gasteiger partial charge on any atom is -0.491 e. The SMILES string of the molecule is CCOC(=O)c1cccc(OCCCC(C)C)c1N. The Kier molecular flexibility index (Phi) is 6.19. The van der Waals surface area contributed by atoms with Gasteiger partial charge in [0, 0.05) is 0 Å². The zero-order valence-electron chi connectivity index (χ0n) is 11.9. The second-order valence-corrected chi connectivity index (χ2v) is 4.82. The van der Waals surface area contributed by atoms with Crippen LogP contribution in [-0.2, 0) is 4.74 Å². The summed E-state index contributed by atoms with van der Waals surface area (Å²) in [5.41, 5.74) is 6.65. The lowest BCUT2D eigenvalue weighted by atomic mass is 10.1. The summed E-state index contributed by atoms with van der Waals surface area (Å²) >= 11 is 0. The molecule has 0 saturated carbocycles. The topological polar surface area (TPSA) is 61.5 Å². The van der Waals surface area contributed by atoms with E-state index in [2.05, 4.69) is 13.8 Å². The first-order valence-corrected chi connectivity index (χ1v) is 6.74. The third-order valence-electron chi connectivity index (χ3n) is 2.74. The molecule has 0 aromatic heterocycles. The molecule has 2 N–H and O–H groups in total. The maximum Gasteiger partial charge on any atom is 0.340 e. The quantitative estimate of drug-likeness (QED) is 0.467. The summed E-state index contributed by atoms with van der Waals surface area (Å²) in [5, 5.41) is 0. The molecular weight excluding hydrogens is 242 g/mol. The summed E-state index contributed by atoms with van der Waals surface area (Å²) in [7, 11) is 0. The molecule has 1 aromatic carbocycles. The molecule has 0 amide bonds. The number of esters is 1. The number of rotatable bonds is 7. The number of nitrogen functional groups attached to an aromatic ring is 1. The van der Waals surface area contributed by atoms with Crippen LogP contribution in [0.4, 0.5) is 5.69 Å². The van der Waals surface area contributed by atoms with Crippen LogP contribution in [0.5, 0.6) is 5.75 Å². The van der Waals surface area contributed by atoms with Gasteiger partial charge in [0.25, 0.3) is 0 Å². The molecule has 4 nitrogen and oxygen atoms in total. The molecule has 0 fully saturated rings. The molecule has 106 valence electrons. The smallest absolute Gasteiger partial charge is 0.340 e. The number of hydrogen-bond donors (Lipinski definition) is 1. The van der Waals surface area contributed by atoms with E-state index in [0.717, 1.165) is 12.8 Å². The molecule has 4 heteroatoms. The van der Waals surface area contributed by atoms with Crippen molar-refractivity contribution >= 4 is 11.7 Å². The first-order valence-electron chi connectivity index (χ1n) is 6.74. The van der Waals surface area contributed by atoms with Crippen molar-refractivity contribution in [3.05, 3.63) is 23.8 Å². The number of ether oxygens (including phenoxy) is 2. The normalized spacial score (nSPS) is 10.5. The highest BCUT2D eigenvalue weighted by Gasteiger charge is 2.14. The summed E-state index contributed by atoms with van der Waals surface area (Å²) in [4.78, 5) is 11.7. The number of hydrogen-bond acceptors (Lipinski definition) is 4. The van der Waals surface area contributed by atoms with Crippen molar-refractivity contribution in [3.63, 3.8) is 0 Å². The fraction of sp³-hybridized carbons (Fsp3) is 0.533. The van der Waals surface area contributed by atoms with Crippen LogP contribution >= 0.6 is 0 Å². The highest BCUT2D eigenvalue weighted by atomic mass is 16.5. The number of carbonyl (C=O) groups excluding carboxylic acids is 1. The molecule has 0 spiro atoms. The van der Waals surface area contributed by atoms with Gasteiger partial charge in [-0.1, -0.05) is 19.9 Å². The van der Waals surface area contributed by atoms with Crippen LogP contribution in [0.3, 0.4) is 0 Å². The summed E-state index contributed by atoms with van der Waals surface area (Å²) < 4.78 is 10.6. The maximum absolute atomic E-state index is 11.7. The third-order valence-corrected chi connectivity index (χ3v) is 2.74. The molecule has 1 aromatic rings. The van der Waals surface area contributed by atoms with Crippen molar-refractivity contribution in [2.45, 2.75) is 33.6 Å².